The van der Waals surface area contributed by atoms with E-state index in [1.54, 1.807) is 0 Å². The van der Waals surface area contributed by atoms with Crippen molar-refractivity contribution in [1.82, 2.24) is 15.0 Å². The third kappa shape index (κ3) is 8.33. The molecule has 0 aliphatic carbocycles. The molecule has 0 saturated carbocycles. The van der Waals surface area contributed by atoms with Gasteiger partial charge in [0.1, 0.15) is 5.58 Å². The van der Waals surface area contributed by atoms with Crippen molar-refractivity contribution in [2.24, 2.45) is 5.92 Å². The Bertz CT molecular complexity index is 2150. The zero-order chi connectivity index (χ0) is 33.8. The van der Waals surface area contributed by atoms with Crippen LogP contribution in [0.15, 0.2) is 114 Å². The Balaban J connectivity index is 0.000000205. The maximum absolute atomic E-state index is 6.22. The summed E-state index contributed by atoms with van der Waals surface area (Å²) in [6.07, 6.45) is 4.99. The molecule has 0 aliphatic rings. The molecular weight excluding hydrogens is 795 g/mol. The van der Waals surface area contributed by atoms with Gasteiger partial charge in [0.25, 0.3) is 0 Å². The predicted octanol–water partition coefficient (Wildman–Crippen LogP) is 10.9. The van der Waals surface area contributed by atoms with Crippen molar-refractivity contribution in [3.8, 4) is 33.8 Å². The van der Waals surface area contributed by atoms with Gasteiger partial charge in [-0.3, -0.25) is 0 Å². The number of furan rings is 1. The number of rotatable bonds is 7. The van der Waals surface area contributed by atoms with Gasteiger partial charge >= 0.3 is 0 Å². The summed E-state index contributed by atoms with van der Waals surface area (Å²) in [6.45, 7) is 16.1. The molecule has 0 aliphatic heterocycles. The first-order valence-corrected chi connectivity index (χ1v) is 20.3. The predicted molar refractivity (Wildman–Crippen MR) is 203 cm³/mol. The van der Waals surface area contributed by atoms with Crippen molar-refractivity contribution in [3.05, 3.63) is 133 Å². The standard InChI is InChI=1S/C26H21N2O.C17H22NSi.Ir/c1-17(2)15-18-13-14-27-23(16-18)20-9-6-10-21-25-24(29-26(20)21)12-11-22(28-25)19-7-4-3-5-8-19;1-13(2)15-11-16(14-9-7-6-8-10-14)18-12-17(15)19(3,4)5;/h3-8,10-14,16-17H,15H2,1-2H3;6-9,11-13H,1-5H3;/q2*-1;. The molecule has 0 saturated heterocycles. The van der Waals surface area contributed by atoms with Gasteiger partial charge in [0.05, 0.1) is 24.9 Å². The smallest absolute Gasteiger partial charge is 0.139 e. The largest absolute Gasteiger partial charge is 0.499 e. The van der Waals surface area contributed by atoms with E-state index in [9.17, 15) is 0 Å². The minimum Gasteiger partial charge on any atom is -0.499 e. The third-order valence-electron chi connectivity index (χ3n) is 8.42. The molecule has 0 unspecified atom stereocenters. The van der Waals surface area contributed by atoms with Gasteiger partial charge in [-0.25, -0.2) is 4.98 Å². The van der Waals surface area contributed by atoms with Crippen molar-refractivity contribution >= 4 is 35.3 Å². The van der Waals surface area contributed by atoms with E-state index in [0.29, 0.717) is 11.8 Å². The minimum atomic E-state index is -1.34. The Morgan fingerprint density at radius 2 is 1.53 bits per heavy atom. The molecule has 4 heterocycles. The van der Waals surface area contributed by atoms with Crippen molar-refractivity contribution < 1.29 is 24.5 Å². The van der Waals surface area contributed by atoms with Crippen LogP contribution in [0.3, 0.4) is 0 Å². The minimum absolute atomic E-state index is 0. The van der Waals surface area contributed by atoms with Gasteiger partial charge in [-0.1, -0.05) is 106 Å². The SMILES string of the molecule is CC(C)Cc1ccnc(-c2[c-]ccc3c2oc2ccc(-c4ccccc4)nc23)c1.CC(C)c1cc(-c2[c-]cccc2)ncc1[Si](C)(C)C.[Ir]. The molecule has 49 heavy (non-hydrogen) atoms. The molecule has 0 spiro atoms. The van der Waals surface area contributed by atoms with Crippen LogP contribution in [0, 0.1) is 18.1 Å². The molecule has 0 N–H and O–H groups in total. The normalized spacial score (nSPS) is 11.4. The van der Waals surface area contributed by atoms with Gasteiger partial charge in [0.15, 0.2) is 0 Å². The van der Waals surface area contributed by atoms with E-state index in [0.717, 1.165) is 62.3 Å². The van der Waals surface area contributed by atoms with Crippen LogP contribution in [0.4, 0.5) is 0 Å². The zero-order valence-electron chi connectivity index (χ0n) is 29.3. The maximum atomic E-state index is 6.22. The molecule has 0 fully saturated rings. The van der Waals surface area contributed by atoms with Crippen LogP contribution >= 0.6 is 0 Å². The van der Waals surface area contributed by atoms with E-state index in [2.05, 4.69) is 112 Å². The summed E-state index contributed by atoms with van der Waals surface area (Å²) in [5.41, 5.74) is 11.1. The summed E-state index contributed by atoms with van der Waals surface area (Å²) in [5, 5.41) is 2.46. The molecule has 3 aromatic carbocycles. The van der Waals surface area contributed by atoms with Crippen molar-refractivity contribution in [1.29, 1.82) is 0 Å². The summed E-state index contributed by atoms with van der Waals surface area (Å²) in [6, 6.07) is 39.3. The first kappa shape index (κ1) is 36.1. The third-order valence-corrected chi connectivity index (χ3v) is 10.5. The second kappa shape index (κ2) is 15.5. The number of hydrogen-bond acceptors (Lipinski definition) is 4. The fourth-order valence-corrected chi connectivity index (χ4v) is 7.73. The van der Waals surface area contributed by atoms with E-state index in [1.807, 2.05) is 66.9 Å². The summed E-state index contributed by atoms with van der Waals surface area (Å²) in [4.78, 5) is 14.1. The molecule has 7 aromatic rings. The van der Waals surface area contributed by atoms with Gasteiger partial charge in [0.2, 0.25) is 0 Å². The quantitative estimate of drug-likeness (QED) is 0.119. The van der Waals surface area contributed by atoms with Crippen molar-refractivity contribution in [3.63, 3.8) is 0 Å². The van der Waals surface area contributed by atoms with Crippen molar-refractivity contribution in [2.75, 3.05) is 0 Å². The van der Waals surface area contributed by atoms with Crippen LogP contribution in [0.25, 0.3) is 55.8 Å². The number of hydrogen-bond donors (Lipinski definition) is 0. The molecule has 0 amide bonds. The fraction of sp³-hybridized carbons (Fsp3) is 0.233. The van der Waals surface area contributed by atoms with Crippen LogP contribution in [0.2, 0.25) is 19.6 Å². The van der Waals surface area contributed by atoms with E-state index in [1.165, 1.54) is 16.3 Å². The molecule has 1 radical (unpaired) electrons. The first-order chi connectivity index (χ1) is 23.1. The Morgan fingerprint density at radius 3 is 2.22 bits per heavy atom. The van der Waals surface area contributed by atoms with Gasteiger partial charge in [-0.15, -0.1) is 54.1 Å². The number of pyridine rings is 3. The summed E-state index contributed by atoms with van der Waals surface area (Å²) >= 11 is 0. The van der Waals surface area contributed by atoms with Crippen LogP contribution in [-0.4, -0.2) is 23.0 Å². The number of fused-ring (bicyclic) bond motifs is 3. The molecule has 7 rings (SSSR count). The van der Waals surface area contributed by atoms with Gasteiger partial charge in [0, 0.05) is 38.1 Å². The fourth-order valence-electron chi connectivity index (χ4n) is 6.05. The van der Waals surface area contributed by atoms with Crippen LogP contribution in [0.1, 0.15) is 44.7 Å². The number of benzene rings is 3. The van der Waals surface area contributed by atoms with Crippen LogP contribution in [-0.2, 0) is 26.5 Å². The molecule has 4 nitrogen and oxygen atoms in total. The zero-order valence-corrected chi connectivity index (χ0v) is 32.7. The van der Waals surface area contributed by atoms with Gasteiger partial charge < -0.3 is 14.4 Å². The van der Waals surface area contributed by atoms with Gasteiger partial charge in [-0.05, 0) is 58.4 Å². The van der Waals surface area contributed by atoms with Gasteiger partial charge in [-0.2, -0.15) is 0 Å². The summed E-state index contributed by atoms with van der Waals surface area (Å²) in [7, 11) is -1.34. The Kier molecular flexibility index (Phi) is 11.4. The maximum Gasteiger partial charge on any atom is 0.139 e. The Hall–Kier alpha value is -4.22. The van der Waals surface area contributed by atoms with E-state index in [-0.39, 0.29) is 20.1 Å². The molecule has 0 atom stereocenters. The monoisotopic (exact) mass is 838 g/mol. The molecule has 6 heteroatoms. The summed E-state index contributed by atoms with van der Waals surface area (Å²) in [5.74, 6) is 1.13. The van der Waals surface area contributed by atoms with Crippen LogP contribution in [0.5, 0.6) is 0 Å². The molecule has 4 aromatic heterocycles. The Morgan fingerprint density at radius 1 is 0.755 bits per heavy atom. The molecule has 0 bridgehead atoms. The molecule has 251 valence electrons. The first-order valence-electron chi connectivity index (χ1n) is 16.8. The topological polar surface area (TPSA) is 51.8 Å². The Labute approximate surface area is 305 Å². The molecular formula is C43H43IrN3OSi-2. The van der Waals surface area contributed by atoms with E-state index in [4.69, 9.17) is 9.40 Å². The van der Waals surface area contributed by atoms with E-state index < -0.39 is 8.07 Å². The number of aromatic nitrogens is 3. The van der Waals surface area contributed by atoms with Crippen molar-refractivity contribution in [2.45, 2.75) is 59.7 Å². The second-order valence-electron chi connectivity index (χ2n) is 14.1. The number of nitrogens with zero attached hydrogens (tertiary/aromatic N) is 3. The average molecular weight is 838 g/mol. The average Bonchev–Trinajstić information content (AvgIpc) is 3.47. The van der Waals surface area contributed by atoms with E-state index >= 15 is 0 Å². The summed E-state index contributed by atoms with van der Waals surface area (Å²) < 4.78 is 6.22. The van der Waals surface area contributed by atoms with Crippen LogP contribution < -0.4 is 5.19 Å². The second-order valence-corrected chi connectivity index (χ2v) is 19.1.